The van der Waals surface area contributed by atoms with Gasteiger partial charge >= 0.3 is 6.09 Å². The van der Waals surface area contributed by atoms with Crippen LogP contribution in [0.3, 0.4) is 0 Å². The van der Waals surface area contributed by atoms with E-state index in [2.05, 4.69) is 20.2 Å². The summed E-state index contributed by atoms with van der Waals surface area (Å²) in [5.41, 5.74) is 8.52. The number of carboxylic acid groups (broad SMARTS) is 1. The highest BCUT2D eigenvalue weighted by molar-refractivity contribution is 5.99. The van der Waals surface area contributed by atoms with Gasteiger partial charge in [0.2, 0.25) is 5.88 Å². The highest BCUT2D eigenvalue weighted by Gasteiger charge is 2.35. The number of nitrogens with one attached hydrogen (secondary N) is 1. The summed E-state index contributed by atoms with van der Waals surface area (Å²) in [5, 5.41) is 14.1. The first-order valence-electron chi connectivity index (χ1n) is 10.9. The molecule has 1 aromatic carbocycles. The normalized spacial score (nSPS) is 16.0. The third-order valence-corrected chi connectivity index (χ3v) is 6.42. The maximum Gasteiger partial charge on any atom is 0.413 e. The highest BCUT2D eigenvalue weighted by atomic mass is 19.1. The lowest BCUT2D eigenvalue weighted by Gasteiger charge is -2.43. The average molecular weight is 452 g/mol. The Morgan fingerprint density at radius 3 is 2.85 bits per heavy atom. The molecule has 1 amide bonds. The maximum absolute atomic E-state index is 15.3. The summed E-state index contributed by atoms with van der Waals surface area (Å²) in [5.74, 6) is 0.219. The monoisotopic (exact) mass is 452 g/mol. The van der Waals surface area contributed by atoms with E-state index in [1.165, 1.54) is 11.1 Å². The molecule has 4 heterocycles. The fourth-order valence-electron chi connectivity index (χ4n) is 4.51. The van der Waals surface area contributed by atoms with Crippen LogP contribution in [0.2, 0.25) is 0 Å². The molecule has 2 aromatic heterocycles. The molecule has 0 radical (unpaired) electrons. The van der Waals surface area contributed by atoms with Crippen molar-refractivity contribution in [1.82, 2.24) is 14.9 Å². The van der Waals surface area contributed by atoms with Crippen LogP contribution in [0.15, 0.2) is 24.5 Å². The van der Waals surface area contributed by atoms with Crippen LogP contribution >= 0.6 is 0 Å². The van der Waals surface area contributed by atoms with Crippen molar-refractivity contribution in [2.45, 2.75) is 19.9 Å². The van der Waals surface area contributed by atoms with E-state index in [4.69, 9.17) is 10.5 Å². The van der Waals surface area contributed by atoms with E-state index < -0.39 is 11.9 Å². The molecular formula is C23H25FN6O3. The fraction of sp³-hybridized carbons (Fsp3) is 0.348. The molecule has 0 atom stereocenters. The summed E-state index contributed by atoms with van der Waals surface area (Å²) in [6.07, 6.45) is 1.94. The summed E-state index contributed by atoms with van der Waals surface area (Å²) in [6.45, 7) is 7.22. The van der Waals surface area contributed by atoms with E-state index in [0.29, 0.717) is 59.8 Å². The Hall–Kier alpha value is -3.66. The summed E-state index contributed by atoms with van der Waals surface area (Å²) in [4.78, 5) is 24.1. The Balaban J connectivity index is 1.61. The van der Waals surface area contributed by atoms with Crippen molar-refractivity contribution >= 4 is 34.1 Å². The number of fused-ring (bicyclic) bond motifs is 2. The van der Waals surface area contributed by atoms with Crippen LogP contribution in [0.4, 0.5) is 26.4 Å². The number of likely N-dealkylation sites (N-methyl/N-ethyl adjacent to an activating group) is 1. The number of anilines is 3. The number of hydrogen-bond donors (Lipinski definition) is 3. The second-order valence-electron chi connectivity index (χ2n) is 8.33. The number of nitrogens with zero attached hydrogens (tertiary/aromatic N) is 4. The van der Waals surface area contributed by atoms with Gasteiger partial charge in [-0.3, -0.25) is 9.80 Å². The number of rotatable bonds is 4. The van der Waals surface area contributed by atoms with Gasteiger partial charge in [-0.05, 0) is 36.6 Å². The first-order chi connectivity index (χ1) is 15.9. The van der Waals surface area contributed by atoms with Crippen LogP contribution in [0.1, 0.15) is 12.5 Å². The number of pyridine rings is 2. The second kappa shape index (κ2) is 8.04. The van der Waals surface area contributed by atoms with Crippen molar-refractivity contribution in [1.29, 1.82) is 0 Å². The van der Waals surface area contributed by atoms with Gasteiger partial charge in [-0.2, -0.15) is 0 Å². The Labute approximate surface area is 190 Å². The summed E-state index contributed by atoms with van der Waals surface area (Å²) in [6, 6.07) is 3.15. The number of likely N-dealkylation sites (tertiary alicyclic amines) is 1. The molecular weight excluding hydrogens is 427 g/mol. The van der Waals surface area contributed by atoms with Gasteiger partial charge in [0.15, 0.2) is 5.82 Å². The average Bonchev–Trinajstić information content (AvgIpc) is 2.78. The molecule has 172 valence electrons. The van der Waals surface area contributed by atoms with Crippen molar-refractivity contribution in [3.8, 4) is 17.0 Å². The Kier molecular flexibility index (Phi) is 5.16. The summed E-state index contributed by atoms with van der Waals surface area (Å²) < 4.78 is 20.9. The Bertz CT molecular complexity index is 1260. The number of amides is 1. The standard InChI is InChI=1S/C23H25FN6O3/c1-3-29-10-14(11-29)30(23(31)32)18-7-13-6-15(19(24)20(25)17(13)9-27-18)16-8-28-22-21(12(16)2)26-4-5-33-22/h6-9,14,26H,3-5,10-11,25H2,1-2H3,(H,31,32). The number of ether oxygens (including phenoxy) is 1. The molecule has 2 aliphatic rings. The largest absolute Gasteiger partial charge is 0.474 e. The summed E-state index contributed by atoms with van der Waals surface area (Å²) >= 11 is 0. The molecule has 10 heteroatoms. The molecule has 4 N–H and O–H groups in total. The van der Waals surface area contributed by atoms with Crippen LogP contribution in [0.5, 0.6) is 5.88 Å². The highest BCUT2D eigenvalue weighted by Crippen LogP contribution is 2.40. The van der Waals surface area contributed by atoms with E-state index in [1.807, 2.05) is 13.8 Å². The third-order valence-electron chi connectivity index (χ3n) is 6.42. The zero-order valence-electron chi connectivity index (χ0n) is 18.4. The minimum absolute atomic E-state index is 0.0365. The van der Waals surface area contributed by atoms with Gasteiger partial charge in [0.1, 0.15) is 18.1 Å². The first kappa shape index (κ1) is 21.2. The predicted molar refractivity (Wildman–Crippen MR) is 124 cm³/mol. The first-order valence-corrected chi connectivity index (χ1v) is 10.9. The Morgan fingerprint density at radius 2 is 2.12 bits per heavy atom. The molecule has 0 aliphatic carbocycles. The van der Waals surface area contributed by atoms with Gasteiger partial charge in [-0.15, -0.1) is 0 Å². The molecule has 0 bridgehead atoms. The lowest BCUT2D eigenvalue weighted by molar-refractivity contribution is 0.141. The van der Waals surface area contributed by atoms with Crippen molar-refractivity contribution in [2.24, 2.45) is 0 Å². The van der Waals surface area contributed by atoms with Crippen LogP contribution < -0.4 is 20.7 Å². The zero-order chi connectivity index (χ0) is 23.3. The molecule has 0 spiro atoms. The summed E-state index contributed by atoms with van der Waals surface area (Å²) in [7, 11) is 0. The van der Waals surface area contributed by atoms with Crippen LogP contribution in [0.25, 0.3) is 21.9 Å². The fourth-order valence-corrected chi connectivity index (χ4v) is 4.51. The number of benzene rings is 1. The van der Waals surface area contributed by atoms with Crippen molar-refractivity contribution in [3.63, 3.8) is 0 Å². The number of nitrogens with two attached hydrogens (primary N) is 1. The number of carbonyl (C=O) groups is 1. The topological polar surface area (TPSA) is 117 Å². The minimum atomic E-state index is -1.07. The van der Waals surface area contributed by atoms with Gasteiger partial charge in [0.25, 0.3) is 0 Å². The number of halogens is 1. The van der Waals surface area contributed by atoms with Gasteiger partial charge in [-0.1, -0.05) is 6.92 Å². The molecule has 33 heavy (non-hydrogen) atoms. The lowest BCUT2D eigenvalue weighted by Crippen LogP contribution is -2.60. The van der Waals surface area contributed by atoms with Crippen molar-refractivity contribution in [2.75, 3.05) is 48.7 Å². The number of aromatic nitrogens is 2. The van der Waals surface area contributed by atoms with E-state index in [-0.39, 0.29) is 11.7 Å². The molecule has 0 unspecified atom stereocenters. The van der Waals surface area contributed by atoms with Gasteiger partial charge in [0, 0.05) is 48.5 Å². The van der Waals surface area contributed by atoms with Crippen molar-refractivity contribution in [3.05, 3.63) is 35.9 Å². The molecule has 1 saturated heterocycles. The molecule has 0 saturated carbocycles. The van der Waals surface area contributed by atoms with E-state index >= 15 is 4.39 Å². The molecule has 5 rings (SSSR count). The van der Waals surface area contributed by atoms with E-state index in [9.17, 15) is 9.90 Å². The number of nitrogen functional groups attached to an aromatic ring is 1. The molecule has 3 aromatic rings. The quantitative estimate of drug-likeness (QED) is 0.516. The zero-order valence-corrected chi connectivity index (χ0v) is 18.4. The molecule has 9 nitrogen and oxygen atoms in total. The van der Waals surface area contributed by atoms with Gasteiger partial charge in [0.05, 0.1) is 11.7 Å². The Morgan fingerprint density at radius 1 is 1.33 bits per heavy atom. The maximum atomic E-state index is 15.3. The van der Waals surface area contributed by atoms with Crippen LogP contribution in [-0.2, 0) is 0 Å². The van der Waals surface area contributed by atoms with Crippen molar-refractivity contribution < 1.29 is 19.0 Å². The number of hydrogen-bond acceptors (Lipinski definition) is 7. The van der Waals surface area contributed by atoms with Crippen LogP contribution in [0, 0.1) is 12.7 Å². The van der Waals surface area contributed by atoms with E-state index in [1.54, 1.807) is 18.3 Å². The third kappa shape index (κ3) is 3.46. The lowest BCUT2D eigenvalue weighted by atomic mass is 9.97. The second-order valence-corrected chi connectivity index (χ2v) is 8.33. The smallest absolute Gasteiger partial charge is 0.413 e. The van der Waals surface area contributed by atoms with Crippen LogP contribution in [-0.4, -0.2) is 64.9 Å². The van der Waals surface area contributed by atoms with Gasteiger partial charge in [-0.25, -0.2) is 19.2 Å². The SMILES string of the molecule is CCN1CC(N(C(=O)O)c2cc3cc(-c4cnc5c(c4C)NCCO5)c(F)c(N)c3cn2)C1. The van der Waals surface area contributed by atoms with E-state index in [0.717, 1.165) is 17.8 Å². The minimum Gasteiger partial charge on any atom is -0.474 e. The van der Waals surface area contributed by atoms with Gasteiger partial charge < -0.3 is 20.9 Å². The molecule has 1 fully saturated rings. The molecule has 2 aliphatic heterocycles. The predicted octanol–water partition coefficient (Wildman–Crippen LogP) is 3.32.